The second-order valence-corrected chi connectivity index (χ2v) is 7.10. The van der Waals surface area contributed by atoms with Crippen molar-refractivity contribution >= 4 is 23.2 Å². The van der Waals surface area contributed by atoms with Gasteiger partial charge in [0.1, 0.15) is 0 Å². The van der Waals surface area contributed by atoms with Gasteiger partial charge in [-0.1, -0.05) is 48.2 Å². The molecule has 2 aromatic carbocycles. The molecule has 0 saturated carbocycles. The molecule has 0 bridgehead atoms. The number of anilines is 1. The fraction of sp³-hybridized carbons (Fsp3) is 0.250. The number of halogens is 3. The fourth-order valence-corrected chi connectivity index (χ4v) is 3.61. The van der Waals surface area contributed by atoms with E-state index in [2.05, 4.69) is 15.5 Å². The molecule has 1 aromatic heterocycles. The molecule has 9 heteroatoms. The van der Waals surface area contributed by atoms with Crippen LogP contribution >= 0.6 is 11.8 Å². The molecule has 0 fully saturated rings. The van der Waals surface area contributed by atoms with Crippen molar-refractivity contribution in [2.75, 3.05) is 11.1 Å². The van der Waals surface area contributed by atoms with E-state index in [9.17, 15) is 18.0 Å². The Labute approximate surface area is 170 Å². The highest BCUT2D eigenvalue weighted by Gasteiger charge is 2.30. The number of thioether (sulfide) groups is 1. The molecule has 0 aliphatic carbocycles. The third-order valence-corrected chi connectivity index (χ3v) is 5.15. The summed E-state index contributed by atoms with van der Waals surface area (Å²) in [6.07, 6.45) is -4.39. The number of Topliss-reactive ketones (excluding diaryl/α,β-unsaturated/α-hetero) is 1. The second kappa shape index (κ2) is 9.13. The number of carbonyl (C=O) groups excluding carboxylic acids is 1. The van der Waals surface area contributed by atoms with Gasteiger partial charge in [-0.2, -0.15) is 13.2 Å². The molecular formula is C20H19F3N4OS. The molecule has 0 amide bonds. The van der Waals surface area contributed by atoms with E-state index in [0.717, 1.165) is 12.1 Å². The maximum absolute atomic E-state index is 12.8. The van der Waals surface area contributed by atoms with Gasteiger partial charge < -0.3 is 9.88 Å². The molecule has 1 N–H and O–H groups in total. The van der Waals surface area contributed by atoms with Crippen molar-refractivity contribution in [3.8, 4) is 0 Å². The number of ketones is 1. The lowest BCUT2D eigenvalue weighted by molar-refractivity contribution is -0.137. The summed E-state index contributed by atoms with van der Waals surface area (Å²) in [5.41, 5.74) is 0.267. The molecule has 0 saturated heterocycles. The summed E-state index contributed by atoms with van der Waals surface area (Å²) in [5, 5.41) is 11.8. The van der Waals surface area contributed by atoms with Gasteiger partial charge in [0.25, 0.3) is 0 Å². The Kier molecular flexibility index (Phi) is 6.58. The normalized spacial score (nSPS) is 11.4. The number of nitrogens with one attached hydrogen (secondary N) is 1. The number of hydrogen-bond donors (Lipinski definition) is 1. The molecule has 29 heavy (non-hydrogen) atoms. The lowest BCUT2D eigenvalue weighted by atomic mass is 10.2. The van der Waals surface area contributed by atoms with E-state index in [1.807, 2.05) is 29.7 Å². The van der Waals surface area contributed by atoms with Crippen molar-refractivity contribution in [1.29, 1.82) is 0 Å². The number of nitrogens with zero attached hydrogens (tertiary/aromatic N) is 3. The summed E-state index contributed by atoms with van der Waals surface area (Å²) in [6, 6.07) is 14.0. The minimum absolute atomic E-state index is 0.00936. The van der Waals surface area contributed by atoms with Crippen LogP contribution in [0.1, 0.15) is 28.7 Å². The van der Waals surface area contributed by atoms with Crippen LogP contribution in [0.3, 0.4) is 0 Å². The Balaban J connectivity index is 1.64. The maximum atomic E-state index is 12.8. The number of alkyl halides is 3. The number of hydrogen-bond acceptors (Lipinski definition) is 5. The first kappa shape index (κ1) is 20.9. The highest BCUT2D eigenvalue weighted by Crippen LogP contribution is 2.30. The molecule has 0 radical (unpaired) electrons. The van der Waals surface area contributed by atoms with E-state index in [0.29, 0.717) is 28.8 Å². The van der Waals surface area contributed by atoms with Gasteiger partial charge in [-0.05, 0) is 25.1 Å². The molecule has 0 atom stereocenters. The monoisotopic (exact) mass is 420 g/mol. The summed E-state index contributed by atoms with van der Waals surface area (Å²) >= 11 is 1.29. The van der Waals surface area contributed by atoms with E-state index >= 15 is 0 Å². The van der Waals surface area contributed by atoms with Crippen LogP contribution in [0.25, 0.3) is 0 Å². The zero-order valence-corrected chi connectivity index (χ0v) is 16.4. The lowest BCUT2D eigenvalue weighted by Gasteiger charge is -2.11. The van der Waals surface area contributed by atoms with Gasteiger partial charge >= 0.3 is 6.18 Å². The minimum Gasteiger partial charge on any atom is -0.378 e. The molecule has 5 nitrogen and oxygen atoms in total. The first-order chi connectivity index (χ1) is 13.9. The van der Waals surface area contributed by atoms with E-state index in [4.69, 9.17) is 0 Å². The van der Waals surface area contributed by atoms with Crippen molar-refractivity contribution in [3.05, 3.63) is 71.5 Å². The quantitative estimate of drug-likeness (QED) is 0.415. The largest absolute Gasteiger partial charge is 0.416 e. The van der Waals surface area contributed by atoms with Crippen molar-refractivity contribution in [2.24, 2.45) is 0 Å². The highest BCUT2D eigenvalue weighted by molar-refractivity contribution is 7.99. The number of rotatable bonds is 8. The van der Waals surface area contributed by atoms with Crippen LogP contribution in [0, 0.1) is 0 Å². The van der Waals surface area contributed by atoms with Crippen molar-refractivity contribution in [1.82, 2.24) is 14.8 Å². The van der Waals surface area contributed by atoms with Crippen LogP contribution in [-0.4, -0.2) is 26.3 Å². The minimum atomic E-state index is -4.39. The van der Waals surface area contributed by atoms with Crippen LogP contribution in [0.2, 0.25) is 0 Å². The van der Waals surface area contributed by atoms with Crippen LogP contribution < -0.4 is 5.32 Å². The third kappa shape index (κ3) is 5.38. The smallest absolute Gasteiger partial charge is 0.378 e. The van der Waals surface area contributed by atoms with Crippen molar-refractivity contribution in [2.45, 2.75) is 31.3 Å². The molecule has 152 valence electrons. The topological polar surface area (TPSA) is 59.8 Å². The zero-order valence-electron chi connectivity index (χ0n) is 15.6. The van der Waals surface area contributed by atoms with Gasteiger partial charge in [0.15, 0.2) is 16.8 Å². The Hall–Kier alpha value is -2.81. The summed E-state index contributed by atoms with van der Waals surface area (Å²) < 4.78 is 40.4. The molecule has 0 spiro atoms. The molecule has 0 aliphatic heterocycles. The summed E-state index contributed by atoms with van der Waals surface area (Å²) in [7, 11) is 0. The van der Waals surface area contributed by atoms with Crippen LogP contribution in [0.15, 0.2) is 59.8 Å². The Morgan fingerprint density at radius 2 is 1.86 bits per heavy atom. The lowest BCUT2D eigenvalue weighted by Crippen LogP contribution is -2.10. The van der Waals surface area contributed by atoms with Gasteiger partial charge in [-0.25, -0.2) is 0 Å². The predicted octanol–water partition coefficient (Wildman–Crippen LogP) is 4.90. The van der Waals surface area contributed by atoms with Crippen LogP contribution in [0.4, 0.5) is 18.9 Å². The van der Waals surface area contributed by atoms with Gasteiger partial charge in [0, 0.05) is 17.8 Å². The van der Waals surface area contributed by atoms with E-state index < -0.39 is 11.7 Å². The number of benzene rings is 2. The Morgan fingerprint density at radius 1 is 1.10 bits per heavy atom. The SMILES string of the molecule is CCn1c(CNc2cccc(C(F)(F)F)c2)nnc1SCC(=O)c1ccccc1. The highest BCUT2D eigenvalue weighted by atomic mass is 32.2. The summed E-state index contributed by atoms with van der Waals surface area (Å²) in [6.45, 7) is 2.71. The van der Waals surface area contributed by atoms with Gasteiger partial charge in [-0.3, -0.25) is 4.79 Å². The zero-order chi connectivity index (χ0) is 20.9. The van der Waals surface area contributed by atoms with E-state index in [-0.39, 0.29) is 18.1 Å². The summed E-state index contributed by atoms with van der Waals surface area (Å²) in [5.74, 6) is 0.799. The van der Waals surface area contributed by atoms with Crippen LogP contribution in [-0.2, 0) is 19.3 Å². The van der Waals surface area contributed by atoms with Gasteiger partial charge in [0.2, 0.25) is 0 Å². The standard InChI is InChI=1S/C20H19F3N4OS/c1-2-27-18(12-24-16-10-6-9-15(11-16)20(21,22)23)25-26-19(27)29-13-17(28)14-7-4-3-5-8-14/h3-11,24H,2,12-13H2,1H3. The van der Waals surface area contributed by atoms with Crippen LogP contribution in [0.5, 0.6) is 0 Å². The second-order valence-electron chi connectivity index (χ2n) is 6.15. The molecule has 0 aliphatic rings. The molecular weight excluding hydrogens is 401 g/mol. The molecule has 1 heterocycles. The first-order valence-corrected chi connectivity index (χ1v) is 9.91. The fourth-order valence-electron chi connectivity index (χ4n) is 2.70. The van der Waals surface area contributed by atoms with Gasteiger partial charge in [0.05, 0.1) is 17.9 Å². The Bertz CT molecular complexity index is 973. The number of carbonyl (C=O) groups is 1. The van der Waals surface area contributed by atoms with E-state index in [1.165, 1.54) is 17.8 Å². The van der Waals surface area contributed by atoms with E-state index in [1.54, 1.807) is 18.2 Å². The molecule has 0 unspecified atom stereocenters. The van der Waals surface area contributed by atoms with Gasteiger partial charge in [-0.15, -0.1) is 10.2 Å². The van der Waals surface area contributed by atoms with Crippen molar-refractivity contribution < 1.29 is 18.0 Å². The molecule has 3 rings (SSSR count). The Morgan fingerprint density at radius 3 is 2.55 bits per heavy atom. The third-order valence-electron chi connectivity index (χ3n) is 4.18. The summed E-state index contributed by atoms with van der Waals surface area (Å²) in [4.78, 5) is 12.3. The van der Waals surface area contributed by atoms with Crippen molar-refractivity contribution in [3.63, 3.8) is 0 Å². The first-order valence-electron chi connectivity index (χ1n) is 8.92. The number of aromatic nitrogens is 3. The average Bonchev–Trinajstić information content (AvgIpc) is 3.12. The average molecular weight is 420 g/mol. The molecule has 3 aromatic rings. The maximum Gasteiger partial charge on any atom is 0.416 e. The predicted molar refractivity (Wildman–Crippen MR) is 106 cm³/mol.